The first-order valence-corrected chi connectivity index (χ1v) is 12.8. The van der Waals surface area contributed by atoms with Crippen LogP contribution in [-0.4, -0.2) is 77.2 Å². The van der Waals surface area contributed by atoms with Crippen LogP contribution in [0.2, 0.25) is 0 Å². The molecule has 3 aromatic rings. The van der Waals surface area contributed by atoms with Crippen molar-refractivity contribution in [2.45, 2.75) is 33.2 Å². The average molecular weight is 562 g/mol. The highest BCUT2D eigenvalue weighted by Crippen LogP contribution is 2.31. The zero-order valence-corrected chi connectivity index (χ0v) is 23.1. The number of rotatable bonds is 12. The molecule has 0 atom stereocenters. The molecule has 12 nitrogen and oxygen atoms in total. The third-order valence-electron chi connectivity index (χ3n) is 6.23. The Morgan fingerprint density at radius 1 is 1.21 bits per heavy atom. The number of ether oxygens (including phenoxy) is 2. The fourth-order valence-corrected chi connectivity index (χ4v) is 4.37. The second-order valence-electron chi connectivity index (χ2n) is 8.93. The minimum atomic E-state index is -0.599. The molecule has 5 N–H and O–H groups in total. The molecule has 1 saturated heterocycles. The van der Waals surface area contributed by atoms with E-state index in [9.17, 15) is 9.59 Å². The minimum absolute atomic E-state index is 0. The highest BCUT2D eigenvalue weighted by molar-refractivity contribution is 6.04. The number of nitrogens with two attached hydrogens (primary N) is 2. The second-order valence-corrected chi connectivity index (χ2v) is 8.93. The molecule has 4 rings (SSSR count). The first-order chi connectivity index (χ1) is 18.4. The van der Waals surface area contributed by atoms with Gasteiger partial charge in [-0.3, -0.25) is 19.8 Å². The van der Waals surface area contributed by atoms with Crippen LogP contribution in [0.1, 0.15) is 45.8 Å². The van der Waals surface area contributed by atoms with Crippen LogP contribution in [-0.2, 0) is 17.7 Å². The van der Waals surface area contributed by atoms with E-state index in [0.717, 1.165) is 39.3 Å². The summed E-state index contributed by atoms with van der Waals surface area (Å²) in [4.78, 5) is 36.4. The van der Waals surface area contributed by atoms with E-state index >= 15 is 0 Å². The highest BCUT2D eigenvalue weighted by Gasteiger charge is 2.23. The number of nitrogens with zero attached hydrogens (tertiary/aromatic N) is 4. The van der Waals surface area contributed by atoms with Gasteiger partial charge >= 0.3 is 0 Å². The Kier molecular flexibility index (Phi) is 10.9. The van der Waals surface area contributed by atoms with Crippen molar-refractivity contribution in [3.63, 3.8) is 0 Å². The number of hydrogen-bond acceptors (Lipinski definition) is 9. The van der Waals surface area contributed by atoms with Crippen molar-refractivity contribution >= 4 is 41.2 Å². The number of oxazole rings is 1. The number of morpholine rings is 1. The number of benzene rings is 1. The number of allylic oxidation sites excluding steroid dienone is 1. The van der Waals surface area contributed by atoms with Gasteiger partial charge in [-0.1, -0.05) is 19.1 Å². The molecule has 1 fully saturated rings. The number of hydrogen-bond donors (Lipinski definition) is 3. The quantitative estimate of drug-likeness (QED) is 0.222. The summed E-state index contributed by atoms with van der Waals surface area (Å²) in [5.41, 5.74) is 13.2. The number of fused-ring (bicyclic) bond motifs is 1. The van der Waals surface area contributed by atoms with E-state index in [2.05, 4.69) is 20.2 Å². The van der Waals surface area contributed by atoms with Crippen LogP contribution in [0.25, 0.3) is 11.0 Å². The molecular weight excluding hydrogens is 526 g/mol. The van der Waals surface area contributed by atoms with Gasteiger partial charge in [0, 0.05) is 45.2 Å². The van der Waals surface area contributed by atoms with E-state index < -0.39 is 11.8 Å². The third kappa shape index (κ3) is 7.35. The normalized spacial score (nSPS) is 14.0. The molecule has 13 heteroatoms. The maximum Gasteiger partial charge on any atom is 0.295 e. The summed E-state index contributed by atoms with van der Waals surface area (Å²) in [5, 5.41) is 2.84. The van der Waals surface area contributed by atoms with Crippen LogP contribution in [0.15, 0.2) is 28.7 Å². The fraction of sp³-hybridized carbons (Fsp3) is 0.462. The fourth-order valence-electron chi connectivity index (χ4n) is 4.37. The Balaban J connectivity index is 0.00000420. The maximum absolute atomic E-state index is 13.1. The summed E-state index contributed by atoms with van der Waals surface area (Å²) in [6, 6.07) is 3.21. The van der Waals surface area contributed by atoms with Gasteiger partial charge < -0.3 is 29.9 Å². The van der Waals surface area contributed by atoms with Crippen molar-refractivity contribution in [1.82, 2.24) is 19.4 Å². The van der Waals surface area contributed by atoms with E-state index in [1.807, 2.05) is 19.1 Å². The third-order valence-corrected chi connectivity index (χ3v) is 6.23. The largest absolute Gasteiger partial charge is 0.491 e. The topological polar surface area (TPSA) is 164 Å². The molecule has 1 aliphatic heterocycles. The highest BCUT2D eigenvalue weighted by atomic mass is 35.5. The molecule has 39 heavy (non-hydrogen) atoms. The Morgan fingerprint density at radius 3 is 2.67 bits per heavy atom. The van der Waals surface area contributed by atoms with Crippen LogP contribution in [0, 0.1) is 6.92 Å². The Morgan fingerprint density at radius 2 is 1.97 bits per heavy atom. The Labute approximate surface area is 233 Å². The smallest absolute Gasteiger partial charge is 0.295 e. The van der Waals surface area contributed by atoms with Crippen molar-refractivity contribution in [3.05, 3.63) is 47.2 Å². The summed E-state index contributed by atoms with van der Waals surface area (Å²) >= 11 is 0. The van der Waals surface area contributed by atoms with E-state index in [1.54, 1.807) is 23.6 Å². The number of halogens is 1. The number of anilines is 1. The molecule has 0 bridgehead atoms. The zero-order valence-electron chi connectivity index (χ0n) is 22.3. The lowest BCUT2D eigenvalue weighted by Gasteiger charge is -2.26. The second kappa shape index (κ2) is 14.1. The number of carbonyl (C=O) groups excluding carboxylic acids is 2. The summed E-state index contributed by atoms with van der Waals surface area (Å²) in [6.07, 6.45) is 5.02. The van der Waals surface area contributed by atoms with Crippen molar-refractivity contribution in [3.8, 4) is 5.75 Å². The summed E-state index contributed by atoms with van der Waals surface area (Å²) in [6.45, 7) is 8.88. The molecule has 3 heterocycles. The monoisotopic (exact) mass is 561 g/mol. The molecule has 0 unspecified atom stereocenters. The van der Waals surface area contributed by atoms with Crippen LogP contribution < -0.4 is 21.5 Å². The van der Waals surface area contributed by atoms with Crippen molar-refractivity contribution in [1.29, 1.82) is 0 Å². The molecule has 0 spiro atoms. The summed E-state index contributed by atoms with van der Waals surface area (Å²) < 4.78 is 18.9. The molecular formula is C26H36ClN7O5. The van der Waals surface area contributed by atoms with E-state index in [1.165, 1.54) is 0 Å². The van der Waals surface area contributed by atoms with Crippen molar-refractivity contribution in [2.24, 2.45) is 11.5 Å². The van der Waals surface area contributed by atoms with E-state index in [0.29, 0.717) is 54.5 Å². The SMILES string of the molecule is CCc1nc(C)oc1C(=O)Nc1nc2cc(C(N)=O)cc(OCCCN3CCOCC3)c2n1C/C=C/CN.Cl. The van der Waals surface area contributed by atoms with Gasteiger partial charge in [0.2, 0.25) is 17.6 Å². The summed E-state index contributed by atoms with van der Waals surface area (Å²) in [7, 11) is 0. The number of aromatic nitrogens is 3. The molecule has 212 valence electrons. The molecule has 0 radical (unpaired) electrons. The molecule has 2 aromatic heterocycles. The van der Waals surface area contributed by atoms with Gasteiger partial charge in [-0.05, 0) is 25.0 Å². The summed E-state index contributed by atoms with van der Waals surface area (Å²) in [5.74, 6) is 0.200. The number of aryl methyl sites for hydroxylation is 2. The number of carbonyl (C=O) groups is 2. The van der Waals surface area contributed by atoms with Gasteiger partial charge in [0.05, 0.1) is 31.0 Å². The number of imidazole rings is 1. The molecule has 2 amide bonds. The number of amides is 2. The minimum Gasteiger partial charge on any atom is -0.491 e. The Bertz CT molecular complexity index is 1310. The predicted octanol–water partition coefficient (Wildman–Crippen LogP) is 2.28. The molecule has 0 aliphatic carbocycles. The standard InChI is InChI=1S/C26H35N7O5.ClH/c1-3-19-23(38-17(2)29-19)25(35)31-26-30-20-15-18(24(28)34)16-21(22(20)33(26)9-5-4-7-27)37-12-6-8-32-10-13-36-14-11-32;/h4-5,15-16H,3,6-14,27H2,1-2H3,(H2,28,34)(H,30,31,35);1H/b5-4+;. The van der Waals surface area contributed by atoms with Crippen LogP contribution >= 0.6 is 12.4 Å². The van der Waals surface area contributed by atoms with Crippen molar-refractivity contribution < 1.29 is 23.5 Å². The predicted molar refractivity (Wildman–Crippen MR) is 150 cm³/mol. The van der Waals surface area contributed by atoms with Gasteiger partial charge in [0.1, 0.15) is 11.3 Å². The van der Waals surface area contributed by atoms with Gasteiger partial charge in [0.15, 0.2) is 5.89 Å². The number of nitrogens with one attached hydrogen (secondary N) is 1. The van der Waals surface area contributed by atoms with Gasteiger partial charge in [-0.2, -0.15) is 0 Å². The average Bonchev–Trinajstić information content (AvgIpc) is 3.46. The zero-order chi connectivity index (χ0) is 27.1. The van der Waals surface area contributed by atoms with E-state index in [-0.39, 0.29) is 29.7 Å². The molecule has 0 saturated carbocycles. The lowest BCUT2D eigenvalue weighted by atomic mass is 10.1. The first-order valence-electron chi connectivity index (χ1n) is 12.8. The molecule has 1 aromatic carbocycles. The lowest BCUT2D eigenvalue weighted by Crippen LogP contribution is -2.37. The van der Waals surface area contributed by atoms with Gasteiger partial charge in [0.25, 0.3) is 5.91 Å². The van der Waals surface area contributed by atoms with Crippen LogP contribution in [0.5, 0.6) is 5.75 Å². The van der Waals surface area contributed by atoms with Gasteiger partial charge in [-0.15, -0.1) is 12.4 Å². The number of primary amides is 1. The maximum atomic E-state index is 13.1. The Hall–Kier alpha value is -3.45. The molecule has 1 aliphatic rings. The van der Waals surface area contributed by atoms with Crippen LogP contribution in [0.3, 0.4) is 0 Å². The first kappa shape index (κ1) is 30.1. The van der Waals surface area contributed by atoms with Crippen LogP contribution in [0.4, 0.5) is 5.95 Å². The van der Waals surface area contributed by atoms with Gasteiger partial charge in [-0.25, -0.2) is 9.97 Å². The van der Waals surface area contributed by atoms with E-state index in [4.69, 9.17) is 25.4 Å². The van der Waals surface area contributed by atoms with Crippen molar-refractivity contribution in [2.75, 3.05) is 51.3 Å². The lowest BCUT2D eigenvalue weighted by molar-refractivity contribution is 0.0358.